The maximum Gasteiger partial charge on any atom is 0.220 e. The number of carbonyl (C=O) groups is 1. The van der Waals surface area contributed by atoms with Crippen molar-refractivity contribution >= 4 is 5.91 Å². The molecule has 1 heterocycles. The van der Waals surface area contributed by atoms with Crippen LogP contribution in [0.1, 0.15) is 31.9 Å². The van der Waals surface area contributed by atoms with Crippen molar-refractivity contribution < 1.29 is 9.21 Å². The summed E-state index contributed by atoms with van der Waals surface area (Å²) in [5.41, 5.74) is 5.63. The highest BCUT2D eigenvalue weighted by atomic mass is 16.3. The fourth-order valence-electron chi connectivity index (χ4n) is 1.44. The lowest BCUT2D eigenvalue weighted by atomic mass is 10.0. The average molecular weight is 224 g/mol. The van der Waals surface area contributed by atoms with Gasteiger partial charge in [-0.15, -0.1) is 0 Å². The Kier molecular flexibility index (Phi) is 5.05. The summed E-state index contributed by atoms with van der Waals surface area (Å²) in [6.45, 7) is 5.25. The Morgan fingerprint density at radius 3 is 2.81 bits per heavy atom. The lowest BCUT2D eigenvalue weighted by Crippen LogP contribution is -2.30. The molecule has 1 aromatic heterocycles. The third-order valence-electron chi connectivity index (χ3n) is 2.37. The molecule has 3 N–H and O–H groups in total. The molecule has 0 aliphatic carbocycles. The van der Waals surface area contributed by atoms with Gasteiger partial charge in [-0.2, -0.15) is 0 Å². The van der Waals surface area contributed by atoms with Crippen molar-refractivity contribution in [2.75, 3.05) is 13.1 Å². The van der Waals surface area contributed by atoms with Crippen LogP contribution in [-0.2, 0) is 4.79 Å². The highest BCUT2D eigenvalue weighted by Crippen LogP contribution is 2.18. The minimum absolute atomic E-state index is 0.0258. The van der Waals surface area contributed by atoms with Gasteiger partial charge in [0.2, 0.25) is 5.91 Å². The van der Waals surface area contributed by atoms with Crippen LogP contribution in [0.15, 0.2) is 22.8 Å². The molecule has 4 heteroatoms. The van der Waals surface area contributed by atoms with Gasteiger partial charge in [0.1, 0.15) is 5.76 Å². The Hall–Kier alpha value is -1.29. The van der Waals surface area contributed by atoms with Gasteiger partial charge in [0.15, 0.2) is 0 Å². The molecule has 16 heavy (non-hydrogen) atoms. The third kappa shape index (κ3) is 4.06. The molecule has 0 aliphatic rings. The van der Waals surface area contributed by atoms with Crippen LogP contribution in [0.5, 0.6) is 0 Å². The molecule has 0 aliphatic heterocycles. The van der Waals surface area contributed by atoms with Crippen molar-refractivity contribution in [3.8, 4) is 0 Å². The number of carbonyl (C=O) groups excluding carboxylic acids is 1. The molecule has 0 aromatic carbocycles. The van der Waals surface area contributed by atoms with E-state index >= 15 is 0 Å². The third-order valence-corrected chi connectivity index (χ3v) is 2.37. The van der Waals surface area contributed by atoms with E-state index in [2.05, 4.69) is 19.2 Å². The monoisotopic (exact) mass is 224 g/mol. The molecular weight excluding hydrogens is 204 g/mol. The van der Waals surface area contributed by atoms with E-state index in [1.807, 2.05) is 12.1 Å². The second-order valence-electron chi connectivity index (χ2n) is 4.35. The second kappa shape index (κ2) is 6.33. The van der Waals surface area contributed by atoms with Crippen LogP contribution in [0.25, 0.3) is 0 Å². The van der Waals surface area contributed by atoms with E-state index in [1.165, 1.54) is 0 Å². The summed E-state index contributed by atoms with van der Waals surface area (Å²) in [4.78, 5) is 11.6. The van der Waals surface area contributed by atoms with E-state index in [-0.39, 0.29) is 11.8 Å². The van der Waals surface area contributed by atoms with Gasteiger partial charge >= 0.3 is 0 Å². The van der Waals surface area contributed by atoms with Crippen molar-refractivity contribution in [1.82, 2.24) is 5.32 Å². The molecule has 1 atom stereocenters. The molecule has 1 rings (SSSR count). The van der Waals surface area contributed by atoms with E-state index in [0.717, 1.165) is 5.76 Å². The van der Waals surface area contributed by atoms with Gasteiger partial charge in [-0.3, -0.25) is 4.79 Å². The molecule has 0 fully saturated rings. The van der Waals surface area contributed by atoms with Crippen LogP contribution in [0.4, 0.5) is 0 Å². The fraction of sp³-hybridized carbons (Fsp3) is 0.583. The van der Waals surface area contributed by atoms with Gasteiger partial charge in [-0.1, -0.05) is 13.8 Å². The number of hydrogen-bond acceptors (Lipinski definition) is 3. The molecule has 1 amide bonds. The van der Waals surface area contributed by atoms with Crippen LogP contribution in [0.3, 0.4) is 0 Å². The smallest absolute Gasteiger partial charge is 0.220 e. The van der Waals surface area contributed by atoms with Crippen LogP contribution in [0.2, 0.25) is 0 Å². The lowest BCUT2D eigenvalue weighted by Gasteiger charge is -2.13. The Morgan fingerprint density at radius 1 is 1.56 bits per heavy atom. The zero-order valence-electron chi connectivity index (χ0n) is 9.90. The quantitative estimate of drug-likeness (QED) is 0.769. The first kappa shape index (κ1) is 12.8. The number of nitrogens with one attached hydrogen (secondary N) is 1. The number of hydrogen-bond donors (Lipinski definition) is 2. The molecule has 90 valence electrons. The Bertz CT molecular complexity index is 307. The van der Waals surface area contributed by atoms with E-state index < -0.39 is 0 Å². The van der Waals surface area contributed by atoms with E-state index in [4.69, 9.17) is 10.2 Å². The number of amides is 1. The van der Waals surface area contributed by atoms with Crippen LogP contribution < -0.4 is 11.1 Å². The molecule has 1 unspecified atom stereocenters. The average Bonchev–Trinajstić information content (AvgIpc) is 2.76. The number of furan rings is 1. The van der Waals surface area contributed by atoms with Crippen molar-refractivity contribution in [1.29, 1.82) is 0 Å². The molecule has 4 nitrogen and oxygen atoms in total. The zero-order valence-corrected chi connectivity index (χ0v) is 9.90. The summed E-state index contributed by atoms with van der Waals surface area (Å²) in [5.74, 6) is 1.24. The lowest BCUT2D eigenvalue weighted by molar-refractivity contribution is -0.121. The minimum Gasteiger partial charge on any atom is -0.469 e. The van der Waals surface area contributed by atoms with E-state index in [0.29, 0.717) is 25.4 Å². The number of nitrogens with two attached hydrogens (primary N) is 1. The van der Waals surface area contributed by atoms with Crippen LogP contribution >= 0.6 is 0 Å². The summed E-state index contributed by atoms with van der Waals surface area (Å²) in [5, 5.41) is 2.87. The van der Waals surface area contributed by atoms with E-state index in [1.54, 1.807) is 6.26 Å². The highest BCUT2D eigenvalue weighted by molar-refractivity contribution is 5.76. The van der Waals surface area contributed by atoms with Gasteiger partial charge in [-0.05, 0) is 18.1 Å². The normalized spacial score (nSPS) is 12.8. The maximum atomic E-state index is 11.6. The van der Waals surface area contributed by atoms with Gasteiger partial charge in [0.05, 0.1) is 6.26 Å². The summed E-state index contributed by atoms with van der Waals surface area (Å²) in [6.07, 6.45) is 1.99. The first-order valence-corrected chi connectivity index (χ1v) is 5.63. The van der Waals surface area contributed by atoms with Gasteiger partial charge in [0, 0.05) is 25.4 Å². The Balaban J connectivity index is 2.42. The van der Waals surface area contributed by atoms with Crippen LogP contribution in [-0.4, -0.2) is 19.0 Å². The standard InChI is InChI=1S/C12H20N2O2/c1-9(2)8-14-12(15)6-10(7-13)11-4-3-5-16-11/h3-5,9-10H,6-8,13H2,1-2H3,(H,14,15). The van der Waals surface area contributed by atoms with Gasteiger partial charge in [0.25, 0.3) is 0 Å². The van der Waals surface area contributed by atoms with Crippen molar-refractivity contribution in [3.05, 3.63) is 24.2 Å². The van der Waals surface area contributed by atoms with Crippen molar-refractivity contribution in [2.45, 2.75) is 26.2 Å². The molecule has 0 bridgehead atoms. The van der Waals surface area contributed by atoms with Gasteiger partial charge in [-0.25, -0.2) is 0 Å². The maximum absolute atomic E-state index is 11.6. The molecule has 0 radical (unpaired) electrons. The van der Waals surface area contributed by atoms with Crippen molar-refractivity contribution in [2.24, 2.45) is 11.7 Å². The Morgan fingerprint density at radius 2 is 2.31 bits per heavy atom. The molecule has 0 saturated heterocycles. The summed E-state index contributed by atoms with van der Waals surface area (Å²) < 4.78 is 5.25. The Labute approximate surface area is 96.2 Å². The SMILES string of the molecule is CC(C)CNC(=O)CC(CN)c1ccco1. The molecule has 1 aromatic rings. The summed E-state index contributed by atoms with van der Waals surface area (Å²) in [7, 11) is 0. The minimum atomic E-state index is -0.0258. The summed E-state index contributed by atoms with van der Waals surface area (Å²) >= 11 is 0. The van der Waals surface area contributed by atoms with Crippen molar-refractivity contribution in [3.63, 3.8) is 0 Å². The first-order chi connectivity index (χ1) is 7.63. The summed E-state index contributed by atoms with van der Waals surface area (Å²) in [6, 6.07) is 3.66. The van der Waals surface area contributed by atoms with Gasteiger partial charge < -0.3 is 15.5 Å². The molecular formula is C12H20N2O2. The predicted molar refractivity (Wildman–Crippen MR) is 63.0 cm³/mol. The molecule has 0 spiro atoms. The highest BCUT2D eigenvalue weighted by Gasteiger charge is 2.16. The predicted octanol–water partition coefficient (Wildman–Crippen LogP) is 1.48. The van der Waals surface area contributed by atoms with Crippen LogP contribution in [0, 0.1) is 5.92 Å². The fourth-order valence-corrected chi connectivity index (χ4v) is 1.44. The van der Waals surface area contributed by atoms with E-state index in [9.17, 15) is 4.79 Å². The topological polar surface area (TPSA) is 68.3 Å². The molecule has 0 saturated carbocycles. The zero-order chi connectivity index (χ0) is 12.0. The second-order valence-corrected chi connectivity index (χ2v) is 4.35. The first-order valence-electron chi connectivity index (χ1n) is 5.63. The number of rotatable bonds is 6. The largest absolute Gasteiger partial charge is 0.469 e.